The number of nitrogens with two attached hydrogens (primary N) is 2. The van der Waals surface area contributed by atoms with Gasteiger partial charge in [0, 0.05) is 6.42 Å². The molecule has 1 aromatic carbocycles. The minimum atomic E-state index is -1.19. The van der Waals surface area contributed by atoms with Crippen LogP contribution in [0, 0.1) is 5.92 Å². The Hall–Kier alpha value is -2.98. The van der Waals surface area contributed by atoms with Crippen LogP contribution in [-0.4, -0.2) is 59.5 Å². The molecule has 1 aromatic rings. The van der Waals surface area contributed by atoms with Crippen molar-refractivity contribution in [2.45, 2.75) is 77.0 Å². The van der Waals surface area contributed by atoms with Gasteiger partial charge in [0.15, 0.2) is 0 Å². The molecule has 0 aliphatic heterocycles. The molecular formula is C24H39N5O5. The zero-order chi connectivity index (χ0) is 25.7. The highest BCUT2D eigenvalue weighted by molar-refractivity contribution is 5.94. The number of carbonyl (C=O) groups excluding carboxylic acids is 3. The van der Waals surface area contributed by atoms with Gasteiger partial charge in [0.25, 0.3) is 0 Å². The van der Waals surface area contributed by atoms with Gasteiger partial charge < -0.3 is 32.5 Å². The minimum Gasteiger partial charge on any atom is -0.480 e. The molecule has 0 aliphatic rings. The molecular weight excluding hydrogens is 438 g/mol. The molecule has 0 radical (unpaired) electrons. The smallest absolute Gasteiger partial charge is 0.325 e. The molecule has 34 heavy (non-hydrogen) atoms. The van der Waals surface area contributed by atoms with Crippen LogP contribution in [-0.2, 0) is 25.6 Å². The van der Waals surface area contributed by atoms with Crippen LogP contribution < -0.4 is 27.4 Å². The standard InChI is InChI=1S/C24H39N5O5/c1-15(2)13-19(28-21(30)18(26)11-7-8-12-25)23(32)29-20(14-17-9-5-4-6-10-17)22(31)27-16(3)24(33)34/h4-6,9-10,15-16,18-20H,7-8,11-14,25-26H2,1-3H3,(H,27,31)(H,28,30)(H,29,32)(H,33,34). The summed E-state index contributed by atoms with van der Waals surface area (Å²) in [7, 11) is 0. The first-order chi connectivity index (χ1) is 16.0. The fourth-order valence-electron chi connectivity index (χ4n) is 3.33. The zero-order valence-corrected chi connectivity index (χ0v) is 20.3. The van der Waals surface area contributed by atoms with Gasteiger partial charge in [0.1, 0.15) is 18.1 Å². The molecule has 1 rings (SSSR count). The quantitative estimate of drug-likeness (QED) is 0.197. The molecule has 0 heterocycles. The highest BCUT2D eigenvalue weighted by atomic mass is 16.4. The lowest BCUT2D eigenvalue weighted by Crippen LogP contribution is -2.57. The maximum Gasteiger partial charge on any atom is 0.325 e. The van der Waals surface area contributed by atoms with Crippen molar-refractivity contribution in [1.82, 2.24) is 16.0 Å². The number of aliphatic carboxylic acids is 1. The molecule has 10 nitrogen and oxygen atoms in total. The number of carbonyl (C=O) groups is 4. The summed E-state index contributed by atoms with van der Waals surface area (Å²) in [6.07, 6.45) is 2.41. The van der Waals surface area contributed by atoms with Gasteiger partial charge in [-0.25, -0.2) is 0 Å². The summed E-state index contributed by atoms with van der Waals surface area (Å²) in [6, 6.07) is 5.24. The lowest BCUT2D eigenvalue weighted by Gasteiger charge is -2.26. The summed E-state index contributed by atoms with van der Waals surface area (Å²) in [5, 5.41) is 16.9. The van der Waals surface area contributed by atoms with Crippen molar-refractivity contribution in [3.05, 3.63) is 35.9 Å². The number of hydrogen-bond donors (Lipinski definition) is 6. The summed E-state index contributed by atoms with van der Waals surface area (Å²) in [5.74, 6) is -2.71. The maximum absolute atomic E-state index is 13.1. The van der Waals surface area contributed by atoms with E-state index in [1.165, 1.54) is 6.92 Å². The third kappa shape index (κ3) is 10.8. The average molecular weight is 478 g/mol. The highest BCUT2D eigenvalue weighted by Gasteiger charge is 2.30. The maximum atomic E-state index is 13.1. The Balaban J connectivity index is 2.98. The summed E-state index contributed by atoms with van der Waals surface area (Å²) in [5.41, 5.74) is 12.2. The first-order valence-electron chi connectivity index (χ1n) is 11.7. The van der Waals surface area contributed by atoms with Crippen molar-refractivity contribution in [3.8, 4) is 0 Å². The van der Waals surface area contributed by atoms with E-state index in [0.717, 1.165) is 12.0 Å². The predicted molar refractivity (Wildman–Crippen MR) is 130 cm³/mol. The van der Waals surface area contributed by atoms with Gasteiger partial charge in [0.2, 0.25) is 17.7 Å². The van der Waals surface area contributed by atoms with Crippen molar-refractivity contribution in [3.63, 3.8) is 0 Å². The van der Waals surface area contributed by atoms with Crippen LogP contribution in [0.3, 0.4) is 0 Å². The summed E-state index contributed by atoms with van der Waals surface area (Å²) >= 11 is 0. The second-order valence-electron chi connectivity index (χ2n) is 8.90. The van der Waals surface area contributed by atoms with E-state index in [1.54, 1.807) is 24.3 Å². The second-order valence-corrected chi connectivity index (χ2v) is 8.90. The topological polar surface area (TPSA) is 177 Å². The van der Waals surface area contributed by atoms with E-state index in [4.69, 9.17) is 16.6 Å². The van der Waals surface area contributed by atoms with Crippen LogP contribution in [0.15, 0.2) is 30.3 Å². The van der Waals surface area contributed by atoms with Gasteiger partial charge in [-0.1, -0.05) is 50.6 Å². The van der Waals surface area contributed by atoms with Gasteiger partial charge in [0.05, 0.1) is 6.04 Å². The molecule has 4 atom stereocenters. The van der Waals surface area contributed by atoms with Crippen LogP contribution in [0.1, 0.15) is 52.0 Å². The van der Waals surface area contributed by atoms with E-state index in [2.05, 4.69) is 16.0 Å². The summed E-state index contributed by atoms with van der Waals surface area (Å²) < 4.78 is 0. The third-order valence-corrected chi connectivity index (χ3v) is 5.29. The Morgan fingerprint density at radius 2 is 1.47 bits per heavy atom. The predicted octanol–water partition coefficient (Wildman–Crippen LogP) is 0.290. The Bertz CT molecular complexity index is 802. The lowest BCUT2D eigenvalue weighted by atomic mass is 10.00. The Kier molecular flexibility index (Phi) is 12.8. The Morgan fingerprint density at radius 1 is 0.882 bits per heavy atom. The van der Waals surface area contributed by atoms with E-state index in [1.807, 2.05) is 19.9 Å². The second kappa shape index (κ2) is 15.0. The normalized spacial score (nSPS) is 14.5. The molecule has 0 aliphatic carbocycles. The summed E-state index contributed by atoms with van der Waals surface area (Å²) in [4.78, 5) is 49.7. The van der Waals surface area contributed by atoms with Gasteiger partial charge in [-0.2, -0.15) is 0 Å². The van der Waals surface area contributed by atoms with Gasteiger partial charge in [-0.3, -0.25) is 19.2 Å². The van der Waals surface area contributed by atoms with E-state index in [0.29, 0.717) is 25.8 Å². The number of nitrogens with one attached hydrogen (secondary N) is 3. The first-order valence-corrected chi connectivity index (χ1v) is 11.7. The molecule has 0 fully saturated rings. The van der Waals surface area contributed by atoms with E-state index in [-0.39, 0.29) is 12.3 Å². The molecule has 190 valence electrons. The minimum absolute atomic E-state index is 0.0814. The molecule has 0 spiro atoms. The first kappa shape index (κ1) is 29.1. The SMILES string of the molecule is CC(C)CC(NC(=O)C(N)CCCCN)C(=O)NC(Cc1ccccc1)C(=O)NC(C)C(=O)O. The zero-order valence-electron chi connectivity index (χ0n) is 20.3. The van der Waals surface area contributed by atoms with Crippen molar-refractivity contribution in [2.24, 2.45) is 17.4 Å². The Labute approximate surface area is 201 Å². The number of carboxylic acids is 1. The van der Waals surface area contributed by atoms with Crippen molar-refractivity contribution < 1.29 is 24.3 Å². The fraction of sp³-hybridized carbons (Fsp3) is 0.583. The van der Waals surface area contributed by atoms with Crippen LogP contribution in [0.5, 0.6) is 0 Å². The van der Waals surface area contributed by atoms with Crippen LogP contribution in [0.25, 0.3) is 0 Å². The average Bonchev–Trinajstić information content (AvgIpc) is 2.78. The number of benzene rings is 1. The number of carboxylic acid groups (broad SMARTS) is 1. The molecule has 0 saturated carbocycles. The van der Waals surface area contributed by atoms with Gasteiger partial charge in [-0.15, -0.1) is 0 Å². The summed E-state index contributed by atoms with van der Waals surface area (Å²) in [6.45, 7) is 5.68. The Morgan fingerprint density at radius 3 is 2.03 bits per heavy atom. The van der Waals surface area contributed by atoms with E-state index in [9.17, 15) is 19.2 Å². The lowest BCUT2D eigenvalue weighted by molar-refractivity contribution is -0.141. The highest BCUT2D eigenvalue weighted by Crippen LogP contribution is 2.09. The fourth-order valence-corrected chi connectivity index (χ4v) is 3.33. The number of unbranched alkanes of at least 4 members (excludes halogenated alkanes) is 1. The third-order valence-electron chi connectivity index (χ3n) is 5.29. The number of rotatable bonds is 15. The monoisotopic (exact) mass is 477 g/mol. The van der Waals surface area contributed by atoms with Crippen molar-refractivity contribution in [2.75, 3.05) is 6.54 Å². The van der Waals surface area contributed by atoms with Crippen LogP contribution in [0.2, 0.25) is 0 Å². The largest absolute Gasteiger partial charge is 0.480 e. The molecule has 0 saturated heterocycles. The van der Waals surface area contributed by atoms with E-state index >= 15 is 0 Å². The molecule has 4 unspecified atom stereocenters. The number of hydrogen-bond acceptors (Lipinski definition) is 6. The number of amides is 3. The molecule has 8 N–H and O–H groups in total. The molecule has 0 aromatic heterocycles. The van der Waals surface area contributed by atoms with Crippen LogP contribution >= 0.6 is 0 Å². The van der Waals surface area contributed by atoms with E-state index < -0.39 is 47.9 Å². The van der Waals surface area contributed by atoms with Crippen molar-refractivity contribution >= 4 is 23.7 Å². The molecule has 0 bridgehead atoms. The van der Waals surface area contributed by atoms with Crippen molar-refractivity contribution in [1.29, 1.82) is 0 Å². The van der Waals surface area contributed by atoms with Crippen LogP contribution in [0.4, 0.5) is 0 Å². The molecule has 3 amide bonds. The van der Waals surface area contributed by atoms with Gasteiger partial charge in [-0.05, 0) is 44.2 Å². The molecule has 10 heteroatoms. The van der Waals surface area contributed by atoms with Gasteiger partial charge >= 0.3 is 5.97 Å².